The van der Waals surface area contributed by atoms with Crippen molar-refractivity contribution in [1.82, 2.24) is 9.78 Å². The minimum Gasteiger partial charge on any atom is -0.378 e. The molecule has 0 aliphatic carbocycles. The van der Waals surface area contributed by atoms with Crippen molar-refractivity contribution >= 4 is 21.7 Å². The van der Waals surface area contributed by atoms with Gasteiger partial charge in [-0.2, -0.15) is 5.10 Å². The van der Waals surface area contributed by atoms with Crippen molar-refractivity contribution in [3.8, 4) is 0 Å². The summed E-state index contributed by atoms with van der Waals surface area (Å²) in [6.07, 6.45) is 0. The van der Waals surface area contributed by atoms with Crippen LogP contribution in [0.3, 0.4) is 0 Å². The summed E-state index contributed by atoms with van der Waals surface area (Å²) in [6.45, 7) is 6.54. The van der Waals surface area contributed by atoms with Gasteiger partial charge in [0.2, 0.25) is 0 Å². The second kappa shape index (κ2) is 4.31. The number of ether oxygens (including phenoxy) is 1. The number of hydrogen-bond acceptors (Lipinski definition) is 3. The van der Waals surface area contributed by atoms with E-state index in [1.807, 2.05) is 4.68 Å². The predicted octanol–water partition coefficient (Wildman–Crippen LogP) is 1.50. The molecule has 1 aliphatic heterocycles. The van der Waals surface area contributed by atoms with Gasteiger partial charge in [-0.25, -0.2) is 4.68 Å². The molecule has 0 atom stereocenters. The van der Waals surface area contributed by atoms with E-state index in [-0.39, 0.29) is 0 Å². The van der Waals surface area contributed by atoms with Gasteiger partial charge in [0.25, 0.3) is 0 Å². The molecular formula is C9H14BrN3O. The fourth-order valence-corrected chi connectivity index (χ4v) is 2.05. The number of aryl methyl sites for hydroxylation is 1. The van der Waals surface area contributed by atoms with E-state index in [0.29, 0.717) is 0 Å². The van der Waals surface area contributed by atoms with Gasteiger partial charge in [0, 0.05) is 25.7 Å². The molecule has 14 heavy (non-hydrogen) atoms. The number of nitrogens with zero attached hydrogens (tertiary/aromatic N) is 3. The van der Waals surface area contributed by atoms with E-state index in [2.05, 4.69) is 38.9 Å². The Labute approximate surface area is 92.0 Å². The molecule has 1 fully saturated rings. The third kappa shape index (κ3) is 1.93. The summed E-state index contributed by atoms with van der Waals surface area (Å²) in [5.41, 5.74) is 0. The van der Waals surface area contributed by atoms with Gasteiger partial charge in [0.1, 0.15) is 10.4 Å². The average molecular weight is 260 g/mol. The second-order valence-corrected chi connectivity index (χ2v) is 4.05. The number of hydrogen-bond donors (Lipinski definition) is 0. The van der Waals surface area contributed by atoms with E-state index >= 15 is 0 Å². The van der Waals surface area contributed by atoms with Gasteiger partial charge in [-0.15, -0.1) is 0 Å². The highest BCUT2D eigenvalue weighted by molar-refractivity contribution is 9.10. The van der Waals surface area contributed by atoms with Gasteiger partial charge < -0.3 is 9.64 Å². The molecule has 0 amide bonds. The molecule has 4 nitrogen and oxygen atoms in total. The maximum atomic E-state index is 5.32. The van der Waals surface area contributed by atoms with Gasteiger partial charge >= 0.3 is 0 Å². The van der Waals surface area contributed by atoms with Gasteiger partial charge in [-0.3, -0.25) is 0 Å². The van der Waals surface area contributed by atoms with Crippen LogP contribution in [0.25, 0.3) is 0 Å². The van der Waals surface area contributed by atoms with Crippen LogP contribution < -0.4 is 4.90 Å². The van der Waals surface area contributed by atoms with Crippen LogP contribution in [0.2, 0.25) is 0 Å². The van der Waals surface area contributed by atoms with Crippen molar-refractivity contribution in [3.63, 3.8) is 0 Å². The average Bonchev–Trinajstić information content (AvgIpc) is 2.61. The van der Waals surface area contributed by atoms with Crippen LogP contribution in [0.15, 0.2) is 10.7 Å². The molecule has 1 aliphatic rings. The normalized spacial score (nSPS) is 17.4. The Balaban J connectivity index is 2.20. The molecular weight excluding hydrogens is 246 g/mol. The van der Waals surface area contributed by atoms with E-state index in [1.165, 1.54) is 5.82 Å². The standard InChI is InChI=1S/C9H14BrN3O/c1-2-13-9(7-8(10)11-13)12-3-5-14-6-4-12/h7H,2-6H2,1H3. The summed E-state index contributed by atoms with van der Waals surface area (Å²) in [5.74, 6) is 1.18. The molecule has 0 aromatic carbocycles. The predicted molar refractivity (Wildman–Crippen MR) is 58.6 cm³/mol. The largest absolute Gasteiger partial charge is 0.378 e. The summed E-state index contributed by atoms with van der Waals surface area (Å²) in [5, 5.41) is 4.36. The molecule has 0 radical (unpaired) electrons. The van der Waals surface area contributed by atoms with E-state index < -0.39 is 0 Å². The Morgan fingerprint density at radius 1 is 1.50 bits per heavy atom. The third-order valence-corrected chi connectivity index (χ3v) is 2.75. The Kier molecular flexibility index (Phi) is 3.08. The van der Waals surface area contributed by atoms with Crippen molar-refractivity contribution in [2.24, 2.45) is 0 Å². The molecule has 2 heterocycles. The van der Waals surface area contributed by atoms with Gasteiger partial charge in [-0.05, 0) is 22.9 Å². The lowest BCUT2D eigenvalue weighted by Gasteiger charge is -2.28. The Morgan fingerprint density at radius 2 is 2.21 bits per heavy atom. The van der Waals surface area contributed by atoms with Gasteiger partial charge in [0.05, 0.1) is 13.2 Å². The van der Waals surface area contributed by atoms with Crippen molar-refractivity contribution in [2.45, 2.75) is 13.5 Å². The molecule has 0 unspecified atom stereocenters. The third-order valence-electron chi connectivity index (χ3n) is 2.36. The number of morpholine rings is 1. The summed E-state index contributed by atoms with van der Waals surface area (Å²) in [4.78, 5) is 2.31. The van der Waals surface area contributed by atoms with Crippen LogP contribution in [0.1, 0.15) is 6.92 Å². The molecule has 0 spiro atoms. The SMILES string of the molecule is CCn1nc(Br)cc1N1CCOCC1. The zero-order valence-electron chi connectivity index (χ0n) is 8.24. The molecule has 1 aromatic rings. The molecule has 5 heteroatoms. The zero-order chi connectivity index (χ0) is 9.97. The molecule has 78 valence electrons. The van der Waals surface area contributed by atoms with E-state index in [9.17, 15) is 0 Å². The van der Waals surface area contributed by atoms with E-state index in [1.54, 1.807) is 0 Å². The van der Waals surface area contributed by atoms with Crippen molar-refractivity contribution < 1.29 is 4.74 Å². The number of aromatic nitrogens is 2. The first-order valence-corrected chi connectivity index (χ1v) is 5.66. The highest BCUT2D eigenvalue weighted by Crippen LogP contribution is 2.20. The van der Waals surface area contributed by atoms with E-state index in [4.69, 9.17) is 4.74 Å². The first kappa shape index (κ1) is 9.98. The lowest BCUT2D eigenvalue weighted by Crippen LogP contribution is -2.37. The lowest BCUT2D eigenvalue weighted by molar-refractivity contribution is 0.122. The Morgan fingerprint density at radius 3 is 2.86 bits per heavy atom. The molecule has 2 rings (SSSR count). The second-order valence-electron chi connectivity index (χ2n) is 3.24. The molecule has 0 N–H and O–H groups in total. The van der Waals surface area contributed by atoms with Crippen LogP contribution in [-0.4, -0.2) is 36.1 Å². The zero-order valence-corrected chi connectivity index (χ0v) is 9.83. The smallest absolute Gasteiger partial charge is 0.130 e. The summed E-state index contributed by atoms with van der Waals surface area (Å²) >= 11 is 3.40. The number of anilines is 1. The van der Waals surface area contributed by atoms with Crippen molar-refractivity contribution in [3.05, 3.63) is 10.7 Å². The Bertz CT molecular complexity index is 307. The minimum absolute atomic E-state index is 0.812. The number of rotatable bonds is 2. The molecule has 1 saturated heterocycles. The fraction of sp³-hybridized carbons (Fsp3) is 0.667. The molecule has 0 saturated carbocycles. The highest BCUT2D eigenvalue weighted by atomic mass is 79.9. The van der Waals surface area contributed by atoms with Crippen LogP contribution in [0, 0.1) is 0 Å². The number of halogens is 1. The highest BCUT2D eigenvalue weighted by Gasteiger charge is 2.15. The minimum atomic E-state index is 0.812. The first-order chi connectivity index (χ1) is 6.81. The van der Waals surface area contributed by atoms with Crippen LogP contribution >= 0.6 is 15.9 Å². The van der Waals surface area contributed by atoms with Gasteiger partial charge in [-0.1, -0.05) is 0 Å². The molecule has 0 bridgehead atoms. The monoisotopic (exact) mass is 259 g/mol. The lowest BCUT2D eigenvalue weighted by atomic mass is 10.4. The Hall–Kier alpha value is -0.550. The summed E-state index contributed by atoms with van der Waals surface area (Å²) < 4.78 is 8.23. The van der Waals surface area contributed by atoms with Gasteiger partial charge in [0.15, 0.2) is 0 Å². The maximum Gasteiger partial charge on any atom is 0.130 e. The van der Waals surface area contributed by atoms with E-state index in [0.717, 1.165) is 37.5 Å². The summed E-state index contributed by atoms with van der Waals surface area (Å²) in [6, 6.07) is 2.06. The maximum absolute atomic E-state index is 5.32. The van der Waals surface area contributed by atoms with Crippen LogP contribution in [-0.2, 0) is 11.3 Å². The van der Waals surface area contributed by atoms with Crippen molar-refractivity contribution in [1.29, 1.82) is 0 Å². The van der Waals surface area contributed by atoms with Crippen LogP contribution in [0.4, 0.5) is 5.82 Å². The molecule has 1 aromatic heterocycles. The quantitative estimate of drug-likeness (QED) is 0.807. The van der Waals surface area contributed by atoms with Crippen LogP contribution in [0.5, 0.6) is 0 Å². The first-order valence-electron chi connectivity index (χ1n) is 4.87. The summed E-state index contributed by atoms with van der Waals surface area (Å²) in [7, 11) is 0. The topological polar surface area (TPSA) is 30.3 Å². The fourth-order valence-electron chi connectivity index (χ4n) is 1.66. The van der Waals surface area contributed by atoms with Crippen molar-refractivity contribution in [2.75, 3.05) is 31.2 Å².